The van der Waals surface area contributed by atoms with Crippen LogP contribution in [0.1, 0.15) is 24.4 Å². The van der Waals surface area contributed by atoms with Crippen LogP contribution < -0.4 is 5.32 Å². The largest absolute Gasteiger partial charge is 0.464 e. The standard InChI is InChI=1S/C12H13N5O/c1-8(12-14-16-17-15-12)13-6-9-7-18-11-5-3-2-4-10(9)11/h2-5,7-8,13H,6H2,1H3,(H,14,15,16,17). The van der Waals surface area contributed by atoms with Crippen LogP contribution in [-0.2, 0) is 6.54 Å². The van der Waals surface area contributed by atoms with Crippen LogP contribution in [0.5, 0.6) is 0 Å². The number of para-hydroxylation sites is 1. The van der Waals surface area contributed by atoms with Crippen molar-refractivity contribution < 1.29 is 4.42 Å². The normalized spacial score (nSPS) is 12.9. The van der Waals surface area contributed by atoms with Crippen molar-refractivity contribution in [1.29, 1.82) is 0 Å². The first-order valence-corrected chi connectivity index (χ1v) is 5.76. The Bertz CT molecular complexity index is 631. The number of hydrogen-bond donors (Lipinski definition) is 2. The zero-order valence-electron chi connectivity index (χ0n) is 9.92. The summed E-state index contributed by atoms with van der Waals surface area (Å²) in [6.07, 6.45) is 1.78. The van der Waals surface area contributed by atoms with Crippen LogP contribution >= 0.6 is 0 Å². The quantitative estimate of drug-likeness (QED) is 0.730. The van der Waals surface area contributed by atoms with Gasteiger partial charge in [0.15, 0.2) is 5.82 Å². The van der Waals surface area contributed by atoms with Crippen molar-refractivity contribution in [2.45, 2.75) is 19.5 Å². The molecule has 0 aliphatic heterocycles. The minimum absolute atomic E-state index is 0.0393. The number of aromatic nitrogens is 4. The van der Waals surface area contributed by atoms with Crippen molar-refractivity contribution in [3.8, 4) is 0 Å². The monoisotopic (exact) mass is 243 g/mol. The van der Waals surface area contributed by atoms with Crippen molar-refractivity contribution in [3.05, 3.63) is 41.9 Å². The molecular weight excluding hydrogens is 230 g/mol. The maximum Gasteiger partial charge on any atom is 0.191 e. The molecule has 0 amide bonds. The highest BCUT2D eigenvalue weighted by molar-refractivity contribution is 5.80. The number of nitrogens with one attached hydrogen (secondary N) is 2. The van der Waals surface area contributed by atoms with E-state index in [1.165, 1.54) is 0 Å². The van der Waals surface area contributed by atoms with E-state index in [-0.39, 0.29) is 6.04 Å². The summed E-state index contributed by atoms with van der Waals surface area (Å²) in [6.45, 7) is 2.69. The number of fused-ring (bicyclic) bond motifs is 1. The number of nitrogens with zero attached hydrogens (tertiary/aromatic N) is 3. The Kier molecular flexibility index (Phi) is 2.77. The Balaban J connectivity index is 1.73. The third-order valence-electron chi connectivity index (χ3n) is 2.91. The molecule has 1 aromatic carbocycles. The lowest BCUT2D eigenvalue weighted by Gasteiger charge is -2.08. The smallest absolute Gasteiger partial charge is 0.191 e. The predicted octanol–water partition coefficient (Wildman–Crippen LogP) is 1.80. The maximum absolute atomic E-state index is 5.48. The van der Waals surface area contributed by atoms with Gasteiger partial charge in [0.25, 0.3) is 0 Å². The predicted molar refractivity (Wildman–Crippen MR) is 65.6 cm³/mol. The van der Waals surface area contributed by atoms with Gasteiger partial charge in [0.05, 0.1) is 12.3 Å². The molecule has 18 heavy (non-hydrogen) atoms. The lowest BCUT2D eigenvalue weighted by atomic mass is 10.1. The van der Waals surface area contributed by atoms with E-state index in [1.807, 2.05) is 25.1 Å². The fourth-order valence-electron chi connectivity index (χ4n) is 1.88. The van der Waals surface area contributed by atoms with Crippen LogP contribution in [0.15, 0.2) is 34.9 Å². The van der Waals surface area contributed by atoms with Crippen LogP contribution in [0.25, 0.3) is 11.0 Å². The number of aromatic amines is 1. The second kappa shape index (κ2) is 4.58. The summed E-state index contributed by atoms with van der Waals surface area (Å²) >= 11 is 0. The van der Waals surface area contributed by atoms with Crippen LogP contribution in [-0.4, -0.2) is 20.6 Å². The van der Waals surface area contributed by atoms with Crippen molar-refractivity contribution in [3.63, 3.8) is 0 Å². The average molecular weight is 243 g/mol. The van der Waals surface area contributed by atoms with Gasteiger partial charge in [0, 0.05) is 17.5 Å². The summed E-state index contributed by atoms with van der Waals surface area (Å²) in [7, 11) is 0. The molecule has 0 aliphatic carbocycles. The van der Waals surface area contributed by atoms with Crippen LogP contribution in [0, 0.1) is 0 Å². The molecule has 2 N–H and O–H groups in total. The van der Waals surface area contributed by atoms with E-state index >= 15 is 0 Å². The van der Waals surface area contributed by atoms with Crippen molar-refractivity contribution in [2.75, 3.05) is 0 Å². The molecule has 92 valence electrons. The third-order valence-corrected chi connectivity index (χ3v) is 2.91. The summed E-state index contributed by atoms with van der Waals surface area (Å²) in [6, 6.07) is 8.02. The van der Waals surface area contributed by atoms with Gasteiger partial charge in [-0.15, -0.1) is 10.2 Å². The lowest BCUT2D eigenvalue weighted by Crippen LogP contribution is -2.19. The number of rotatable bonds is 4. The highest BCUT2D eigenvalue weighted by atomic mass is 16.3. The number of tetrazole rings is 1. The fourth-order valence-corrected chi connectivity index (χ4v) is 1.88. The number of hydrogen-bond acceptors (Lipinski definition) is 5. The zero-order chi connectivity index (χ0) is 12.4. The molecule has 0 bridgehead atoms. The topological polar surface area (TPSA) is 79.6 Å². The molecule has 6 heteroatoms. The Morgan fingerprint density at radius 2 is 2.28 bits per heavy atom. The van der Waals surface area contributed by atoms with Gasteiger partial charge in [-0.3, -0.25) is 0 Å². The Morgan fingerprint density at radius 1 is 1.39 bits per heavy atom. The van der Waals surface area contributed by atoms with Gasteiger partial charge in [-0.05, 0) is 13.0 Å². The minimum Gasteiger partial charge on any atom is -0.464 e. The van der Waals surface area contributed by atoms with Crippen molar-refractivity contribution >= 4 is 11.0 Å². The molecule has 2 aromatic heterocycles. The number of furan rings is 1. The van der Waals surface area contributed by atoms with Crippen LogP contribution in [0.4, 0.5) is 0 Å². The molecule has 6 nitrogen and oxygen atoms in total. The first kappa shape index (κ1) is 10.9. The van der Waals surface area contributed by atoms with Gasteiger partial charge in [-0.25, -0.2) is 0 Å². The molecular formula is C12H13N5O. The highest BCUT2D eigenvalue weighted by Gasteiger charge is 2.11. The summed E-state index contributed by atoms with van der Waals surface area (Å²) in [5.41, 5.74) is 2.03. The lowest BCUT2D eigenvalue weighted by molar-refractivity contribution is 0.540. The van der Waals surface area contributed by atoms with E-state index in [9.17, 15) is 0 Å². The maximum atomic E-state index is 5.48. The van der Waals surface area contributed by atoms with E-state index in [1.54, 1.807) is 6.26 Å². The molecule has 1 unspecified atom stereocenters. The molecule has 0 radical (unpaired) electrons. The van der Waals surface area contributed by atoms with Gasteiger partial charge in [-0.1, -0.05) is 23.4 Å². The van der Waals surface area contributed by atoms with Gasteiger partial charge in [-0.2, -0.15) is 5.21 Å². The zero-order valence-corrected chi connectivity index (χ0v) is 9.92. The molecule has 2 heterocycles. The second-order valence-electron chi connectivity index (χ2n) is 4.13. The van der Waals surface area contributed by atoms with E-state index in [4.69, 9.17) is 4.42 Å². The Hall–Kier alpha value is -2.21. The third kappa shape index (κ3) is 1.98. The van der Waals surface area contributed by atoms with E-state index in [0.29, 0.717) is 12.4 Å². The summed E-state index contributed by atoms with van der Waals surface area (Å²) in [4.78, 5) is 0. The van der Waals surface area contributed by atoms with Gasteiger partial charge >= 0.3 is 0 Å². The molecule has 0 saturated carbocycles. The SMILES string of the molecule is CC(NCc1coc2ccccc12)c1nn[nH]n1. The molecule has 1 atom stereocenters. The van der Waals surface area contributed by atoms with E-state index in [2.05, 4.69) is 32.0 Å². The summed E-state index contributed by atoms with van der Waals surface area (Å²) in [5.74, 6) is 0.655. The number of H-pyrrole nitrogens is 1. The van der Waals surface area contributed by atoms with Gasteiger partial charge < -0.3 is 9.73 Å². The minimum atomic E-state index is 0.0393. The first-order chi connectivity index (χ1) is 8.84. The molecule has 3 aromatic rings. The van der Waals surface area contributed by atoms with Crippen LogP contribution in [0.3, 0.4) is 0 Å². The van der Waals surface area contributed by atoms with Crippen LogP contribution in [0.2, 0.25) is 0 Å². The number of benzene rings is 1. The second-order valence-corrected chi connectivity index (χ2v) is 4.13. The molecule has 3 rings (SSSR count). The molecule has 0 spiro atoms. The Morgan fingerprint density at radius 3 is 3.11 bits per heavy atom. The molecule has 0 fully saturated rings. The van der Waals surface area contributed by atoms with Gasteiger partial charge in [0.2, 0.25) is 0 Å². The fraction of sp³-hybridized carbons (Fsp3) is 0.250. The van der Waals surface area contributed by atoms with Crippen molar-refractivity contribution in [2.24, 2.45) is 0 Å². The van der Waals surface area contributed by atoms with E-state index in [0.717, 1.165) is 16.5 Å². The molecule has 0 aliphatic rings. The van der Waals surface area contributed by atoms with E-state index < -0.39 is 0 Å². The molecule has 0 saturated heterocycles. The van der Waals surface area contributed by atoms with Gasteiger partial charge in [0.1, 0.15) is 5.58 Å². The summed E-state index contributed by atoms with van der Waals surface area (Å²) < 4.78 is 5.48. The van der Waals surface area contributed by atoms with Crippen molar-refractivity contribution in [1.82, 2.24) is 25.9 Å². The average Bonchev–Trinajstić information content (AvgIpc) is 3.06. The highest BCUT2D eigenvalue weighted by Crippen LogP contribution is 2.21. The summed E-state index contributed by atoms with van der Waals surface area (Å²) in [5, 5.41) is 18.3. The first-order valence-electron chi connectivity index (χ1n) is 5.76. The Labute approximate surface area is 103 Å².